The number of piperidine rings is 1. The second-order valence-corrected chi connectivity index (χ2v) is 8.59. The number of amides is 2. The van der Waals surface area contributed by atoms with Crippen LogP contribution in [0.25, 0.3) is 0 Å². The molecule has 2 heterocycles. The standard InChI is InChI=1S/C17H22FN3O4S/c1-12-16(22)19-8-10-21(12)17(23)13-3-2-9-20(11-13)26(24,25)15-6-4-14(18)5-7-15/h4-7,12-13H,2-3,8-11H2,1H3,(H,19,22)/t12-,13-/m1/s1. The average Bonchev–Trinajstić information content (AvgIpc) is 2.64. The van der Waals surface area contributed by atoms with Crippen molar-refractivity contribution in [1.82, 2.24) is 14.5 Å². The van der Waals surface area contributed by atoms with Crippen molar-refractivity contribution in [2.45, 2.75) is 30.7 Å². The summed E-state index contributed by atoms with van der Waals surface area (Å²) in [6.07, 6.45) is 1.14. The van der Waals surface area contributed by atoms with Gasteiger partial charge in [0.25, 0.3) is 0 Å². The highest BCUT2D eigenvalue weighted by molar-refractivity contribution is 7.89. The molecule has 0 saturated carbocycles. The Morgan fingerprint density at radius 2 is 1.92 bits per heavy atom. The van der Waals surface area contributed by atoms with Crippen molar-refractivity contribution in [1.29, 1.82) is 0 Å². The molecule has 0 unspecified atom stereocenters. The molecule has 3 rings (SSSR count). The molecule has 2 fully saturated rings. The van der Waals surface area contributed by atoms with E-state index in [1.165, 1.54) is 21.3 Å². The minimum absolute atomic E-state index is 0.0118. The van der Waals surface area contributed by atoms with E-state index in [9.17, 15) is 22.4 Å². The molecule has 1 aromatic rings. The van der Waals surface area contributed by atoms with Crippen LogP contribution in [0, 0.1) is 11.7 Å². The summed E-state index contributed by atoms with van der Waals surface area (Å²) in [5.41, 5.74) is 0. The lowest BCUT2D eigenvalue weighted by molar-refractivity contribution is -0.146. The Kier molecular flexibility index (Phi) is 5.29. The number of hydrogen-bond acceptors (Lipinski definition) is 4. The summed E-state index contributed by atoms with van der Waals surface area (Å²) in [6, 6.07) is 4.11. The second kappa shape index (κ2) is 7.32. The van der Waals surface area contributed by atoms with Crippen molar-refractivity contribution in [3.63, 3.8) is 0 Å². The number of benzene rings is 1. The Morgan fingerprint density at radius 1 is 1.23 bits per heavy atom. The van der Waals surface area contributed by atoms with Gasteiger partial charge in [0, 0.05) is 26.2 Å². The Labute approximate surface area is 152 Å². The Bertz CT molecular complexity index is 797. The summed E-state index contributed by atoms with van der Waals surface area (Å²) in [5, 5.41) is 2.71. The van der Waals surface area contributed by atoms with E-state index >= 15 is 0 Å². The van der Waals surface area contributed by atoms with E-state index in [4.69, 9.17) is 0 Å². The van der Waals surface area contributed by atoms with Crippen LogP contribution in [0.1, 0.15) is 19.8 Å². The molecule has 2 saturated heterocycles. The molecule has 2 aliphatic heterocycles. The number of nitrogens with one attached hydrogen (secondary N) is 1. The molecule has 1 N–H and O–H groups in total. The van der Waals surface area contributed by atoms with Gasteiger partial charge in [0.05, 0.1) is 10.8 Å². The van der Waals surface area contributed by atoms with E-state index in [0.717, 1.165) is 12.1 Å². The van der Waals surface area contributed by atoms with Gasteiger partial charge >= 0.3 is 0 Å². The van der Waals surface area contributed by atoms with E-state index in [2.05, 4.69) is 5.32 Å². The summed E-state index contributed by atoms with van der Waals surface area (Å²) >= 11 is 0. The molecule has 0 radical (unpaired) electrons. The third-order valence-electron chi connectivity index (χ3n) is 4.97. The Hall–Kier alpha value is -2.00. The van der Waals surface area contributed by atoms with Gasteiger partial charge in [-0.2, -0.15) is 4.31 Å². The van der Waals surface area contributed by atoms with E-state index in [1.54, 1.807) is 6.92 Å². The van der Waals surface area contributed by atoms with Gasteiger partial charge in [0.1, 0.15) is 11.9 Å². The van der Waals surface area contributed by atoms with Crippen LogP contribution >= 0.6 is 0 Å². The minimum atomic E-state index is -3.78. The fraction of sp³-hybridized carbons (Fsp3) is 0.529. The van der Waals surface area contributed by atoms with Crippen molar-refractivity contribution < 1.29 is 22.4 Å². The molecule has 0 spiro atoms. The largest absolute Gasteiger partial charge is 0.353 e. The van der Waals surface area contributed by atoms with Gasteiger partial charge in [-0.25, -0.2) is 12.8 Å². The Morgan fingerprint density at radius 3 is 2.62 bits per heavy atom. The third-order valence-corrected chi connectivity index (χ3v) is 6.85. The summed E-state index contributed by atoms with van der Waals surface area (Å²) < 4.78 is 39.9. The number of halogens is 1. The maximum Gasteiger partial charge on any atom is 0.243 e. The number of rotatable bonds is 3. The molecule has 1 aromatic carbocycles. The molecule has 26 heavy (non-hydrogen) atoms. The second-order valence-electron chi connectivity index (χ2n) is 6.65. The van der Waals surface area contributed by atoms with E-state index < -0.39 is 27.8 Å². The van der Waals surface area contributed by atoms with Crippen molar-refractivity contribution in [2.75, 3.05) is 26.2 Å². The van der Waals surface area contributed by atoms with Crippen LogP contribution in [-0.4, -0.2) is 61.7 Å². The quantitative estimate of drug-likeness (QED) is 0.827. The molecule has 2 atom stereocenters. The highest BCUT2D eigenvalue weighted by atomic mass is 32.2. The molecule has 2 aliphatic rings. The van der Waals surface area contributed by atoms with Gasteiger partial charge in [0.2, 0.25) is 21.8 Å². The average molecular weight is 383 g/mol. The number of nitrogens with zero attached hydrogens (tertiary/aromatic N) is 2. The highest BCUT2D eigenvalue weighted by Gasteiger charge is 2.38. The number of carbonyl (C=O) groups is 2. The zero-order valence-electron chi connectivity index (χ0n) is 14.5. The first-order valence-electron chi connectivity index (χ1n) is 8.64. The van der Waals surface area contributed by atoms with Crippen LogP contribution in [0.4, 0.5) is 4.39 Å². The molecule has 0 aromatic heterocycles. The molecule has 0 bridgehead atoms. The highest BCUT2D eigenvalue weighted by Crippen LogP contribution is 2.26. The number of piperazine rings is 1. The monoisotopic (exact) mass is 383 g/mol. The topological polar surface area (TPSA) is 86.8 Å². The van der Waals surface area contributed by atoms with E-state index in [1.807, 2.05) is 0 Å². The predicted molar refractivity (Wildman–Crippen MR) is 92.1 cm³/mol. The van der Waals surface area contributed by atoms with E-state index in [-0.39, 0.29) is 23.3 Å². The fourth-order valence-electron chi connectivity index (χ4n) is 3.44. The summed E-state index contributed by atoms with van der Waals surface area (Å²) in [6.45, 7) is 2.89. The van der Waals surface area contributed by atoms with Crippen molar-refractivity contribution in [2.24, 2.45) is 5.92 Å². The molecule has 142 valence electrons. The molecule has 7 nitrogen and oxygen atoms in total. The van der Waals surface area contributed by atoms with Crippen molar-refractivity contribution in [3.8, 4) is 0 Å². The zero-order chi connectivity index (χ0) is 18.9. The normalized spacial score (nSPS) is 25.0. The first-order valence-corrected chi connectivity index (χ1v) is 10.1. The summed E-state index contributed by atoms with van der Waals surface area (Å²) in [4.78, 5) is 26.2. The zero-order valence-corrected chi connectivity index (χ0v) is 15.3. The first kappa shape index (κ1) is 18.8. The van der Waals surface area contributed by atoms with Gasteiger partial charge in [-0.1, -0.05) is 0 Å². The number of hydrogen-bond donors (Lipinski definition) is 1. The van der Waals surface area contributed by atoms with Crippen LogP contribution in [0.15, 0.2) is 29.2 Å². The van der Waals surface area contributed by atoms with Gasteiger partial charge in [-0.05, 0) is 44.0 Å². The fourth-order valence-corrected chi connectivity index (χ4v) is 4.96. The van der Waals surface area contributed by atoms with Crippen LogP contribution in [0.3, 0.4) is 0 Å². The molecule has 0 aliphatic carbocycles. The maximum absolute atomic E-state index is 13.1. The Balaban J connectivity index is 1.75. The first-order chi connectivity index (χ1) is 12.3. The summed E-state index contributed by atoms with van der Waals surface area (Å²) in [7, 11) is -3.78. The lowest BCUT2D eigenvalue weighted by Crippen LogP contribution is -2.58. The van der Waals surface area contributed by atoms with Gasteiger partial charge in [-0.15, -0.1) is 0 Å². The van der Waals surface area contributed by atoms with Gasteiger partial charge < -0.3 is 10.2 Å². The smallest absolute Gasteiger partial charge is 0.243 e. The van der Waals surface area contributed by atoms with Crippen molar-refractivity contribution >= 4 is 21.8 Å². The lowest BCUT2D eigenvalue weighted by atomic mass is 9.97. The van der Waals surface area contributed by atoms with Gasteiger partial charge in [0.15, 0.2) is 0 Å². The SMILES string of the molecule is C[C@@H]1C(=O)NCCN1C(=O)[C@@H]1CCCN(S(=O)(=O)c2ccc(F)cc2)C1. The van der Waals surface area contributed by atoms with E-state index in [0.29, 0.717) is 32.5 Å². The van der Waals surface area contributed by atoms with Crippen LogP contribution in [0.5, 0.6) is 0 Å². The molecule has 2 amide bonds. The number of sulfonamides is 1. The molecular formula is C17H22FN3O4S. The summed E-state index contributed by atoms with van der Waals surface area (Å²) in [5.74, 6) is -1.37. The van der Waals surface area contributed by atoms with Gasteiger partial charge in [-0.3, -0.25) is 9.59 Å². The lowest BCUT2D eigenvalue weighted by Gasteiger charge is -2.38. The van der Waals surface area contributed by atoms with Crippen LogP contribution < -0.4 is 5.32 Å². The predicted octanol–water partition coefficient (Wildman–Crippen LogP) is 0.573. The number of carbonyl (C=O) groups excluding carboxylic acids is 2. The molecule has 9 heteroatoms. The van der Waals surface area contributed by atoms with Crippen LogP contribution in [-0.2, 0) is 19.6 Å². The minimum Gasteiger partial charge on any atom is -0.353 e. The maximum atomic E-state index is 13.1. The van der Waals surface area contributed by atoms with Crippen molar-refractivity contribution in [3.05, 3.63) is 30.1 Å². The third kappa shape index (κ3) is 3.59. The molecular weight excluding hydrogens is 361 g/mol. The van der Waals surface area contributed by atoms with Crippen LogP contribution in [0.2, 0.25) is 0 Å².